The van der Waals surface area contributed by atoms with Crippen molar-refractivity contribution in [1.29, 1.82) is 0 Å². The summed E-state index contributed by atoms with van der Waals surface area (Å²) in [6, 6.07) is 2.19. The van der Waals surface area contributed by atoms with Gasteiger partial charge in [0.15, 0.2) is 0 Å². The molecule has 2 rings (SSSR count). The highest BCUT2D eigenvalue weighted by atomic mass is 32.1. The minimum atomic E-state index is 0.438. The zero-order valence-electron chi connectivity index (χ0n) is 10.1. The number of rotatable bonds is 4. The van der Waals surface area contributed by atoms with E-state index in [0.29, 0.717) is 6.10 Å². The van der Waals surface area contributed by atoms with E-state index >= 15 is 0 Å². The zero-order valence-corrected chi connectivity index (χ0v) is 10.9. The fourth-order valence-electron chi connectivity index (χ4n) is 2.24. The summed E-state index contributed by atoms with van der Waals surface area (Å²) in [7, 11) is 0. The average Bonchev–Trinajstić information content (AvgIpc) is 2.65. The molecule has 1 atom stereocenters. The molecule has 0 spiro atoms. The van der Waals surface area contributed by atoms with Crippen LogP contribution in [0, 0.1) is 6.92 Å². The van der Waals surface area contributed by atoms with Gasteiger partial charge in [-0.05, 0) is 50.8 Å². The van der Waals surface area contributed by atoms with Gasteiger partial charge in [0, 0.05) is 24.6 Å². The van der Waals surface area contributed by atoms with Crippen LogP contribution in [0.25, 0.3) is 0 Å². The first-order chi connectivity index (χ1) is 7.78. The fraction of sp³-hybridized carbons (Fsp3) is 0.750. The smallest absolute Gasteiger partial charge is 0.0702 e. The van der Waals surface area contributed by atoms with Crippen molar-refractivity contribution >= 4 is 11.5 Å². The second-order valence-corrected chi connectivity index (χ2v) is 5.28. The lowest BCUT2D eigenvalue weighted by Gasteiger charge is -2.31. The highest BCUT2D eigenvalue weighted by Gasteiger charge is 2.20. The van der Waals surface area contributed by atoms with Gasteiger partial charge in [0.05, 0.1) is 11.8 Å². The Hall–Kier alpha value is -0.450. The molecule has 0 N–H and O–H groups in total. The highest BCUT2D eigenvalue weighted by Crippen LogP contribution is 2.18. The summed E-state index contributed by atoms with van der Waals surface area (Å²) < 4.78 is 10.0. The summed E-state index contributed by atoms with van der Waals surface area (Å²) in [5, 5.41) is 0. The maximum Gasteiger partial charge on any atom is 0.0702 e. The SMILES string of the molecule is CCOC1CCCN(Cc2cc(C)ns2)C1. The van der Waals surface area contributed by atoms with Crippen molar-refractivity contribution in [3.8, 4) is 0 Å². The predicted molar refractivity (Wildman–Crippen MR) is 66.8 cm³/mol. The van der Waals surface area contributed by atoms with Crippen LogP contribution in [0.1, 0.15) is 30.3 Å². The number of aryl methyl sites for hydroxylation is 1. The standard InChI is InChI=1S/C12H20N2OS/c1-3-15-11-5-4-6-14(8-11)9-12-7-10(2)13-16-12/h7,11H,3-6,8-9H2,1-2H3. The van der Waals surface area contributed by atoms with Gasteiger partial charge in [-0.3, -0.25) is 4.90 Å². The molecule has 0 amide bonds. The number of nitrogens with zero attached hydrogens (tertiary/aromatic N) is 2. The van der Waals surface area contributed by atoms with Crippen molar-refractivity contribution < 1.29 is 4.74 Å². The molecule has 0 aromatic carbocycles. The van der Waals surface area contributed by atoms with Crippen molar-refractivity contribution in [1.82, 2.24) is 9.27 Å². The lowest BCUT2D eigenvalue weighted by atomic mass is 10.1. The summed E-state index contributed by atoms with van der Waals surface area (Å²) in [6.07, 6.45) is 2.90. The summed E-state index contributed by atoms with van der Waals surface area (Å²) in [5.41, 5.74) is 1.14. The summed E-state index contributed by atoms with van der Waals surface area (Å²) in [4.78, 5) is 3.85. The second-order valence-electron chi connectivity index (χ2n) is 4.39. The maximum atomic E-state index is 5.70. The Kier molecular flexibility index (Phi) is 4.32. The first-order valence-electron chi connectivity index (χ1n) is 6.04. The van der Waals surface area contributed by atoms with Crippen LogP contribution in [0.2, 0.25) is 0 Å². The Morgan fingerprint density at radius 3 is 3.19 bits per heavy atom. The van der Waals surface area contributed by atoms with Crippen LogP contribution >= 0.6 is 11.5 Å². The average molecular weight is 240 g/mol. The molecule has 16 heavy (non-hydrogen) atoms. The third-order valence-corrected chi connectivity index (χ3v) is 3.78. The molecule has 4 heteroatoms. The molecule has 1 fully saturated rings. The summed E-state index contributed by atoms with van der Waals surface area (Å²) >= 11 is 1.63. The molecule has 1 aliphatic heterocycles. The number of hydrogen-bond donors (Lipinski definition) is 0. The van der Waals surface area contributed by atoms with Crippen LogP contribution in [0.5, 0.6) is 0 Å². The molecule has 1 unspecified atom stereocenters. The molecule has 3 nitrogen and oxygen atoms in total. The Labute approximate surface area is 102 Å². The third-order valence-electron chi connectivity index (χ3n) is 2.92. The third kappa shape index (κ3) is 3.27. The van der Waals surface area contributed by atoms with E-state index in [1.165, 1.54) is 24.3 Å². The Morgan fingerprint density at radius 2 is 2.50 bits per heavy atom. The number of likely N-dealkylation sites (tertiary alicyclic amines) is 1. The van der Waals surface area contributed by atoms with Crippen LogP contribution < -0.4 is 0 Å². The van der Waals surface area contributed by atoms with E-state index in [1.807, 2.05) is 0 Å². The lowest BCUT2D eigenvalue weighted by molar-refractivity contribution is 0.00390. The molecule has 2 heterocycles. The van der Waals surface area contributed by atoms with Gasteiger partial charge in [-0.25, -0.2) is 0 Å². The van der Waals surface area contributed by atoms with Crippen LogP contribution in [0.15, 0.2) is 6.07 Å². The van der Waals surface area contributed by atoms with Gasteiger partial charge in [-0.1, -0.05) is 0 Å². The molecule has 1 aliphatic rings. The van der Waals surface area contributed by atoms with E-state index in [-0.39, 0.29) is 0 Å². The molecular formula is C12H20N2OS. The number of ether oxygens (including phenoxy) is 1. The van der Waals surface area contributed by atoms with Crippen LogP contribution in [0.3, 0.4) is 0 Å². The quantitative estimate of drug-likeness (QED) is 0.808. The largest absolute Gasteiger partial charge is 0.377 e. The lowest BCUT2D eigenvalue weighted by Crippen LogP contribution is -2.39. The second kappa shape index (κ2) is 5.75. The molecule has 0 aliphatic carbocycles. The van der Waals surface area contributed by atoms with Crippen molar-refractivity contribution in [2.45, 2.75) is 39.3 Å². The molecule has 90 valence electrons. The van der Waals surface area contributed by atoms with Gasteiger partial charge in [-0.2, -0.15) is 4.37 Å². The predicted octanol–water partition coefficient (Wildman–Crippen LogP) is 2.45. The van der Waals surface area contributed by atoms with Gasteiger partial charge in [0.25, 0.3) is 0 Å². The Bertz CT molecular complexity index is 325. The molecule has 1 aromatic rings. The number of aromatic nitrogens is 1. The summed E-state index contributed by atoms with van der Waals surface area (Å²) in [6.45, 7) is 8.27. The molecule has 1 saturated heterocycles. The van der Waals surface area contributed by atoms with Crippen LogP contribution in [-0.4, -0.2) is 35.1 Å². The minimum Gasteiger partial charge on any atom is -0.377 e. The van der Waals surface area contributed by atoms with Gasteiger partial charge >= 0.3 is 0 Å². The zero-order chi connectivity index (χ0) is 11.4. The summed E-state index contributed by atoms with van der Waals surface area (Å²) in [5.74, 6) is 0. The maximum absolute atomic E-state index is 5.70. The van der Waals surface area contributed by atoms with E-state index in [9.17, 15) is 0 Å². The van der Waals surface area contributed by atoms with E-state index in [1.54, 1.807) is 11.5 Å². The normalized spacial score (nSPS) is 22.5. The van der Waals surface area contributed by atoms with Crippen molar-refractivity contribution in [2.75, 3.05) is 19.7 Å². The van der Waals surface area contributed by atoms with Crippen LogP contribution in [-0.2, 0) is 11.3 Å². The first-order valence-corrected chi connectivity index (χ1v) is 6.81. The Balaban J connectivity index is 1.85. The van der Waals surface area contributed by atoms with Crippen molar-refractivity contribution in [3.05, 3.63) is 16.6 Å². The van der Waals surface area contributed by atoms with E-state index in [4.69, 9.17) is 4.74 Å². The highest BCUT2D eigenvalue weighted by molar-refractivity contribution is 7.05. The van der Waals surface area contributed by atoms with Crippen molar-refractivity contribution in [2.24, 2.45) is 0 Å². The van der Waals surface area contributed by atoms with Gasteiger partial charge < -0.3 is 4.74 Å². The van der Waals surface area contributed by atoms with Gasteiger partial charge in [0.1, 0.15) is 0 Å². The van der Waals surface area contributed by atoms with Crippen molar-refractivity contribution in [3.63, 3.8) is 0 Å². The topological polar surface area (TPSA) is 25.4 Å². The van der Waals surface area contributed by atoms with Crippen LogP contribution in [0.4, 0.5) is 0 Å². The van der Waals surface area contributed by atoms with E-state index in [2.05, 4.69) is 29.2 Å². The molecule has 1 aromatic heterocycles. The fourth-order valence-corrected chi connectivity index (χ4v) is 3.02. The first kappa shape index (κ1) is 12.0. The molecule has 0 saturated carbocycles. The molecule has 0 bridgehead atoms. The molecule has 0 radical (unpaired) electrons. The Morgan fingerprint density at radius 1 is 1.62 bits per heavy atom. The minimum absolute atomic E-state index is 0.438. The monoisotopic (exact) mass is 240 g/mol. The van der Waals surface area contributed by atoms with Gasteiger partial charge in [-0.15, -0.1) is 0 Å². The van der Waals surface area contributed by atoms with Gasteiger partial charge in [0.2, 0.25) is 0 Å². The number of piperidine rings is 1. The number of hydrogen-bond acceptors (Lipinski definition) is 4. The van der Waals surface area contributed by atoms with E-state index < -0.39 is 0 Å². The molecular weight excluding hydrogens is 220 g/mol. The van der Waals surface area contributed by atoms with E-state index in [0.717, 1.165) is 25.4 Å².